The second kappa shape index (κ2) is 6.81. The van der Waals surface area contributed by atoms with Gasteiger partial charge in [0.05, 0.1) is 5.75 Å². The highest BCUT2D eigenvalue weighted by atomic mass is 32.2. The number of benzene rings is 2. The van der Waals surface area contributed by atoms with Crippen molar-refractivity contribution in [2.75, 3.05) is 5.75 Å². The van der Waals surface area contributed by atoms with Crippen molar-refractivity contribution in [2.45, 2.75) is 26.5 Å². The van der Waals surface area contributed by atoms with Gasteiger partial charge in [-0.3, -0.25) is 9.00 Å². The van der Waals surface area contributed by atoms with Gasteiger partial charge in [0.1, 0.15) is 0 Å². The van der Waals surface area contributed by atoms with Gasteiger partial charge in [-0.05, 0) is 43.5 Å². The Bertz CT molecular complexity index is 689. The summed E-state index contributed by atoms with van der Waals surface area (Å²) >= 11 is 0. The SMILES string of the molecule is Cc1ccc(C)c(C(=O)CS(=O)Cc2ccccc2C)c1. The van der Waals surface area contributed by atoms with Crippen LogP contribution in [0.1, 0.15) is 32.6 Å². The zero-order valence-electron chi connectivity index (χ0n) is 12.7. The lowest BCUT2D eigenvalue weighted by Crippen LogP contribution is -2.14. The van der Waals surface area contributed by atoms with Crippen LogP contribution in [-0.4, -0.2) is 15.7 Å². The van der Waals surface area contributed by atoms with Gasteiger partial charge in [0.15, 0.2) is 5.78 Å². The Morgan fingerprint density at radius 2 is 1.71 bits per heavy atom. The number of Topliss-reactive ketones (excluding diaryl/α,β-unsaturated/α-hetero) is 1. The standard InChI is InChI=1S/C18H20O2S/c1-13-8-9-15(3)17(10-13)18(19)12-21(20)11-16-7-5-4-6-14(16)2/h4-10H,11-12H2,1-3H3. The normalized spacial score (nSPS) is 12.1. The van der Waals surface area contributed by atoms with Crippen molar-refractivity contribution < 1.29 is 9.00 Å². The summed E-state index contributed by atoms with van der Waals surface area (Å²) in [5, 5.41) is 0. The fourth-order valence-electron chi connectivity index (χ4n) is 2.26. The van der Waals surface area contributed by atoms with Crippen molar-refractivity contribution in [3.63, 3.8) is 0 Å². The molecule has 2 rings (SSSR count). The van der Waals surface area contributed by atoms with E-state index in [0.717, 1.165) is 22.3 Å². The van der Waals surface area contributed by atoms with Crippen LogP contribution in [-0.2, 0) is 16.6 Å². The summed E-state index contributed by atoms with van der Waals surface area (Å²) in [6.07, 6.45) is 0. The maximum absolute atomic E-state index is 12.3. The van der Waals surface area contributed by atoms with Crippen molar-refractivity contribution in [2.24, 2.45) is 0 Å². The van der Waals surface area contributed by atoms with Crippen molar-refractivity contribution >= 4 is 16.6 Å². The molecular formula is C18H20O2S. The van der Waals surface area contributed by atoms with Gasteiger partial charge in [0, 0.05) is 22.1 Å². The predicted molar refractivity (Wildman–Crippen MR) is 88.1 cm³/mol. The zero-order chi connectivity index (χ0) is 15.4. The Morgan fingerprint density at radius 1 is 1.00 bits per heavy atom. The van der Waals surface area contributed by atoms with Crippen LogP contribution in [0, 0.1) is 20.8 Å². The van der Waals surface area contributed by atoms with Gasteiger partial charge in [-0.25, -0.2) is 0 Å². The number of ketones is 1. The van der Waals surface area contributed by atoms with E-state index >= 15 is 0 Å². The first-order valence-electron chi connectivity index (χ1n) is 6.97. The molecule has 0 heterocycles. The summed E-state index contributed by atoms with van der Waals surface area (Å²) in [5.74, 6) is 0.477. The molecule has 1 unspecified atom stereocenters. The highest BCUT2D eigenvalue weighted by molar-refractivity contribution is 7.85. The number of rotatable bonds is 5. The molecule has 0 amide bonds. The highest BCUT2D eigenvalue weighted by Gasteiger charge is 2.14. The monoisotopic (exact) mass is 300 g/mol. The van der Waals surface area contributed by atoms with Crippen LogP contribution in [0.5, 0.6) is 0 Å². The van der Waals surface area contributed by atoms with Crippen LogP contribution in [0.25, 0.3) is 0 Å². The van der Waals surface area contributed by atoms with E-state index in [1.165, 1.54) is 0 Å². The van der Waals surface area contributed by atoms with Crippen molar-refractivity contribution in [3.8, 4) is 0 Å². The van der Waals surface area contributed by atoms with Crippen LogP contribution in [0.15, 0.2) is 42.5 Å². The van der Waals surface area contributed by atoms with E-state index in [9.17, 15) is 9.00 Å². The van der Waals surface area contributed by atoms with Crippen LogP contribution >= 0.6 is 0 Å². The molecule has 1 atom stereocenters. The lowest BCUT2D eigenvalue weighted by atomic mass is 10.0. The lowest BCUT2D eigenvalue weighted by molar-refractivity contribution is 0.102. The summed E-state index contributed by atoms with van der Waals surface area (Å²) in [6.45, 7) is 5.87. The Balaban J connectivity index is 2.08. The van der Waals surface area contributed by atoms with Crippen LogP contribution in [0.2, 0.25) is 0 Å². The van der Waals surface area contributed by atoms with E-state index in [2.05, 4.69) is 0 Å². The van der Waals surface area contributed by atoms with E-state index in [0.29, 0.717) is 11.3 Å². The molecule has 0 radical (unpaired) electrons. The lowest BCUT2D eigenvalue weighted by Gasteiger charge is -2.08. The molecule has 0 saturated heterocycles. The van der Waals surface area contributed by atoms with Crippen LogP contribution < -0.4 is 0 Å². The molecule has 0 aliphatic rings. The zero-order valence-corrected chi connectivity index (χ0v) is 13.5. The molecular weight excluding hydrogens is 280 g/mol. The minimum atomic E-state index is -1.18. The molecule has 2 aromatic rings. The molecule has 2 nitrogen and oxygen atoms in total. The molecule has 0 N–H and O–H groups in total. The molecule has 0 spiro atoms. The fourth-order valence-corrected chi connectivity index (χ4v) is 3.48. The van der Waals surface area contributed by atoms with Gasteiger partial charge in [-0.15, -0.1) is 0 Å². The van der Waals surface area contributed by atoms with Gasteiger partial charge in [0.2, 0.25) is 0 Å². The average molecular weight is 300 g/mol. The molecule has 2 aromatic carbocycles. The largest absolute Gasteiger partial charge is 0.293 e. The van der Waals surface area contributed by atoms with Gasteiger partial charge >= 0.3 is 0 Å². The molecule has 0 fully saturated rings. The van der Waals surface area contributed by atoms with E-state index in [1.54, 1.807) is 0 Å². The fraction of sp³-hybridized carbons (Fsp3) is 0.278. The first-order chi connectivity index (χ1) is 9.97. The average Bonchev–Trinajstić information content (AvgIpc) is 2.44. The van der Waals surface area contributed by atoms with E-state index in [1.807, 2.05) is 63.2 Å². The second-order valence-corrected chi connectivity index (χ2v) is 6.85. The first-order valence-corrected chi connectivity index (χ1v) is 8.46. The van der Waals surface area contributed by atoms with Crippen molar-refractivity contribution in [1.82, 2.24) is 0 Å². The van der Waals surface area contributed by atoms with Gasteiger partial charge < -0.3 is 0 Å². The Morgan fingerprint density at radius 3 is 2.43 bits per heavy atom. The maximum Gasteiger partial charge on any atom is 0.175 e. The van der Waals surface area contributed by atoms with Gasteiger partial charge in [-0.1, -0.05) is 42.0 Å². The highest BCUT2D eigenvalue weighted by Crippen LogP contribution is 2.14. The summed E-state index contributed by atoms with van der Waals surface area (Å²) in [6, 6.07) is 13.7. The molecule has 3 heteroatoms. The third-order valence-electron chi connectivity index (χ3n) is 3.56. The quantitative estimate of drug-likeness (QED) is 0.788. The third-order valence-corrected chi connectivity index (χ3v) is 4.78. The van der Waals surface area contributed by atoms with Gasteiger partial charge in [-0.2, -0.15) is 0 Å². The van der Waals surface area contributed by atoms with Crippen molar-refractivity contribution in [3.05, 3.63) is 70.3 Å². The number of carbonyl (C=O) groups excluding carboxylic acids is 1. The molecule has 0 aliphatic heterocycles. The van der Waals surface area contributed by atoms with E-state index in [-0.39, 0.29) is 11.5 Å². The number of aryl methyl sites for hydroxylation is 3. The van der Waals surface area contributed by atoms with E-state index < -0.39 is 10.8 Å². The predicted octanol–water partition coefficient (Wildman–Crippen LogP) is 3.74. The van der Waals surface area contributed by atoms with Gasteiger partial charge in [0.25, 0.3) is 0 Å². The molecule has 0 saturated carbocycles. The molecule has 0 bridgehead atoms. The molecule has 21 heavy (non-hydrogen) atoms. The third kappa shape index (κ3) is 4.11. The number of hydrogen-bond acceptors (Lipinski definition) is 2. The molecule has 110 valence electrons. The Kier molecular flexibility index (Phi) is 5.07. The molecule has 0 aromatic heterocycles. The Hall–Kier alpha value is -1.74. The van der Waals surface area contributed by atoms with Crippen LogP contribution in [0.4, 0.5) is 0 Å². The summed E-state index contributed by atoms with van der Waals surface area (Å²) in [5.41, 5.74) is 4.84. The van der Waals surface area contributed by atoms with E-state index in [4.69, 9.17) is 0 Å². The minimum Gasteiger partial charge on any atom is -0.293 e. The molecule has 0 aliphatic carbocycles. The minimum absolute atomic E-state index is 0.0388. The number of hydrogen-bond donors (Lipinski definition) is 0. The van der Waals surface area contributed by atoms with Crippen molar-refractivity contribution in [1.29, 1.82) is 0 Å². The summed E-state index contributed by atoms with van der Waals surface area (Å²) in [7, 11) is -1.18. The van der Waals surface area contributed by atoms with Crippen LogP contribution in [0.3, 0.4) is 0 Å². The second-order valence-electron chi connectivity index (χ2n) is 5.40. The number of carbonyl (C=O) groups is 1. The summed E-state index contributed by atoms with van der Waals surface area (Å²) in [4.78, 5) is 12.3. The Labute approximate surface area is 128 Å². The maximum atomic E-state index is 12.3. The smallest absolute Gasteiger partial charge is 0.175 e. The summed E-state index contributed by atoms with van der Waals surface area (Å²) < 4.78 is 12.2. The topological polar surface area (TPSA) is 34.1 Å². The first kappa shape index (κ1) is 15.6.